The molecule has 0 spiro atoms. The zero-order valence-electron chi connectivity index (χ0n) is 13.2. The number of ether oxygens (including phenoxy) is 1. The highest BCUT2D eigenvalue weighted by atomic mass is 32.1. The molecule has 1 saturated heterocycles. The summed E-state index contributed by atoms with van der Waals surface area (Å²) in [6.45, 7) is 6.11. The normalized spacial score (nSPS) is 29.3. The van der Waals surface area contributed by atoms with Crippen LogP contribution in [0.15, 0.2) is 0 Å². The molecule has 118 valence electrons. The third kappa shape index (κ3) is 3.02. The first kappa shape index (κ1) is 15.4. The van der Waals surface area contributed by atoms with E-state index >= 15 is 0 Å². The van der Waals surface area contributed by atoms with Gasteiger partial charge in [0.1, 0.15) is 5.01 Å². The van der Waals surface area contributed by atoms with Gasteiger partial charge in [0.2, 0.25) is 0 Å². The van der Waals surface area contributed by atoms with Crippen molar-refractivity contribution in [1.82, 2.24) is 15.6 Å². The van der Waals surface area contributed by atoms with Gasteiger partial charge in [0.15, 0.2) is 0 Å². The van der Waals surface area contributed by atoms with Crippen LogP contribution in [-0.2, 0) is 23.1 Å². The smallest absolute Gasteiger partial charge is 0.114 e. The zero-order valence-corrected chi connectivity index (χ0v) is 14.0. The lowest BCUT2D eigenvalue weighted by molar-refractivity contribution is 0.136. The van der Waals surface area contributed by atoms with Gasteiger partial charge >= 0.3 is 0 Å². The summed E-state index contributed by atoms with van der Waals surface area (Å²) in [5.41, 5.74) is 1.41. The molecule has 2 unspecified atom stereocenters. The molecule has 1 aliphatic carbocycles. The van der Waals surface area contributed by atoms with Crippen LogP contribution < -0.4 is 10.6 Å². The molecule has 0 radical (unpaired) electrons. The number of hydrogen-bond donors (Lipinski definition) is 2. The molecule has 2 N–H and O–H groups in total. The minimum absolute atomic E-state index is 0.0335. The third-order valence-corrected chi connectivity index (χ3v) is 6.30. The van der Waals surface area contributed by atoms with Crippen molar-refractivity contribution < 1.29 is 4.74 Å². The van der Waals surface area contributed by atoms with Crippen LogP contribution in [0.4, 0.5) is 0 Å². The van der Waals surface area contributed by atoms with Crippen LogP contribution in [0, 0.1) is 5.92 Å². The summed E-state index contributed by atoms with van der Waals surface area (Å²) in [6, 6.07) is 0. The summed E-state index contributed by atoms with van der Waals surface area (Å²) in [6.07, 6.45) is 6.15. The molecule has 2 aliphatic rings. The van der Waals surface area contributed by atoms with Crippen molar-refractivity contribution in [3.05, 3.63) is 15.6 Å². The Balaban J connectivity index is 1.88. The minimum Gasteiger partial charge on any atom is -0.383 e. The number of aryl methyl sites for hydroxylation is 2. The Hall–Kier alpha value is -0.490. The van der Waals surface area contributed by atoms with Crippen molar-refractivity contribution >= 4 is 11.3 Å². The molecule has 1 aromatic heterocycles. The van der Waals surface area contributed by atoms with E-state index in [2.05, 4.69) is 17.6 Å². The van der Waals surface area contributed by atoms with E-state index in [-0.39, 0.29) is 5.54 Å². The van der Waals surface area contributed by atoms with Crippen molar-refractivity contribution in [2.45, 2.75) is 44.6 Å². The quantitative estimate of drug-likeness (QED) is 0.818. The van der Waals surface area contributed by atoms with Crippen molar-refractivity contribution in [3.63, 3.8) is 0 Å². The van der Waals surface area contributed by atoms with Crippen LogP contribution in [-0.4, -0.2) is 38.3 Å². The van der Waals surface area contributed by atoms with E-state index in [0.29, 0.717) is 5.92 Å². The molecule has 2 heterocycles. The average Bonchev–Trinajstić information content (AvgIpc) is 2.94. The first-order valence-electron chi connectivity index (χ1n) is 8.20. The van der Waals surface area contributed by atoms with Crippen LogP contribution in [0.3, 0.4) is 0 Å². The van der Waals surface area contributed by atoms with E-state index < -0.39 is 0 Å². The van der Waals surface area contributed by atoms with Gasteiger partial charge in [-0.1, -0.05) is 6.92 Å². The van der Waals surface area contributed by atoms with Gasteiger partial charge in [-0.2, -0.15) is 0 Å². The SMILES string of the molecule is COCCNC1(c2nc3c(s2)CCCC3)CCNCC1C. The van der Waals surface area contributed by atoms with Crippen molar-refractivity contribution in [1.29, 1.82) is 0 Å². The summed E-state index contributed by atoms with van der Waals surface area (Å²) >= 11 is 1.96. The number of thiazole rings is 1. The lowest BCUT2D eigenvalue weighted by Crippen LogP contribution is -2.56. The Morgan fingerprint density at radius 1 is 1.43 bits per heavy atom. The summed E-state index contributed by atoms with van der Waals surface area (Å²) < 4.78 is 5.24. The molecular formula is C16H27N3OS. The van der Waals surface area contributed by atoms with Gasteiger partial charge in [-0.15, -0.1) is 11.3 Å². The Kier molecular flexibility index (Phi) is 4.94. The summed E-state index contributed by atoms with van der Waals surface area (Å²) in [5.74, 6) is 0.552. The maximum Gasteiger partial charge on any atom is 0.114 e. The van der Waals surface area contributed by atoms with Gasteiger partial charge in [-0.25, -0.2) is 4.98 Å². The highest BCUT2D eigenvalue weighted by Gasteiger charge is 2.42. The standard InChI is InChI=1S/C16H27N3OS/c1-12-11-17-8-7-16(12,18-9-10-20-2)15-19-13-5-3-4-6-14(13)21-15/h12,17-18H,3-11H2,1-2H3. The highest BCUT2D eigenvalue weighted by Crippen LogP contribution is 2.40. The van der Waals surface area contributed by atoms with E-state index in [1.165, 1.54) is 41.3 Å². The molecule has 3 rings (SSSR count). The van der Waals surface area contributed by atoms with Gasteiger partial charge in [0, 0.05) is 18.5 Å². The fourth-order valence-corrected chi connectivity index (χ4v) is 5.06. The van der Waals surface area contributed by atoms with E-state index in [0.717, 1.165) is 32.7 Å². The van der Waals surface area contributed by atoms with Crippen LogP contribution in [0.2, 0.25) is 0 Å². The predicted molar refractivity (Wildman–Crippen MR) is 87.0 cm³/mol. The topological polar surface area (TPSA) is 46.2 Å². The zero-order chi connectivity index (χ0) is 14.7. The highest BCUT2D eigenvalue weighted by molar-refractivity contribution is 7.11. The third-order valence-electron chi connectivity index (χ3n) is 4.96. The molecule has 0 aromatic carbocycles. The van der Waals surface area contributed by atoms with E-state index in [1.54, 1.807) is 7.11 Å². The monoisotopic (exact) mass is 309 g/mol. The molecule has 21 heavy (non-hydrogen) atoms. The van der Waals surface area contributed by atoms with E-state index in [1.807, 2.05) is 11.3 Å². The average molecular weight is 309 g/mol. The summed E-state index contributed by atoms with van der Waals surface area (Å²) in [7, 11) is 1.77. The number of aromatic nitrogens is 1. The number of fused-ring (bicyclic) bond motifs is 1. The number of nitrogens with one attached hydrogen (secondary N) is 2. The molecule has 0 bridgehead atoms. The summed E-state index contributed by atoms with van der Waals surface area (Å²) in [4.78, 5) is 6.60. The molecule has 4 nitrogen and oxygen atoms in total. The largest absolute Gasteiger partial charge is 0.383 e. The number of methoxy groups -OCH3 is 1. The number of hydrogen-bond acceptors (Lipinski definition) is 5. The van der Waals surface area contributed by atoms with Gasteiger partial charge in [0.25, 0.3) is 0 Å². The van der Waals surface area contributed by atoms with Crippen molar-refractivity contribution in [2.24, 2.45) is 5.92 Å². The first-order valence-corrected chi connectivity index (χ1v) is 9.01. The van der Waals surface area contributed by atoms with Crippen LogP contribution in [0.25, 0.3) is 0 Å². The van der Waals surface area contributed by atoms with Gasteiger partial charge in [0.05, 0.1) is 17.8 Å². The molecular weight excluding hydrogens is 282 g/mol. The molecule has 1 aliphatic heterocycles. The second-order valence-corrected chi connectivity index (χ2v) is 7.43. The number of nitrogens with zero attached hydrogens (tertiary/aromatic N) is 1. The maximum atomic E-state index is 5.24. The predicted octanol–water partition coefficient (Wildman–Crippen LogP) is 2.08. The maximum absolute atomic E-state index is 5.24. The van der Waals surface area contributed by atoms with Gasteiger partial charge in [-0.05, 0) is 51.1 Å². The second-order valence-electron chi connectivity index (χ2n) is 6.34. The number of rotatable bonds is 5. The fourth-order valence-electron chi connectivity index (χ4n) is 3.60. The molecule has 0 saturated carbocycles. The molecule has 5 heteroatoms. The van der Waals surface area contributed by atoms with Crippen LogP contribution in [0.1, 0.15) is 41.8 Å². The molecule has 1 aromatic rings. The molecule has 0 amide bonds. The van der Waals surface area contributed by atoms with E-state index in [9.17, 15) is 0 Å². The van der Waals surface area contributed by atoms with Crippen molar-refractivity contribution in [2.75, 3.05) is 33.4 Å². The second kappa shape index (κ2) is 6.73. The number of piperidine rings is 1. The fraction of sp³-hybridized carbons (Fsp3) is 0.812. The summed E-state index contributed by atoms with van der Waals surface area (Å²) in [5, 5.41) is 8.63. The lowest BCUT2D eigenvalue weighted by Gasteiger charge is -2.42. The molecule has 2 atom stereocenters. The van der Waals surface area contributed by atoms with Crippen molar-refractivity contribution in [3.8, 4) is 0 Å². The lowest BCUT2D eigenvalue weighted by atomic mass is 9.79. The Labute approximate surface area is 131 Å². The van der Waals surface area contributed by atoms with Gasteiger partial charge < -0.3 is 15.4 Å². The van der Waals surface area contributed by atoms with Crippen LogP contribution in [0.5, 0.6) is 0 Å². The van der Waals surface area contributed by atoms with Crippen LogP contribution >= 0.6 is 11.3 Å². The first-order chi connectivity index (χ1) is 10.3. The van der Waals surface area contributed by atoms with Gasteiger partial charge in [-0.3, -0.25) is 0 Å². The molecule has 1 fully saturated rings. The Morgan fingerprint density at radius 2 is 2.29 bits per heavy atom. The Morgan fingerprint density at radius 3 is 3.05 bits per heavy atom. The minimum atomic E-state index is 0.0335. The Bertz CT molecular complexity index is 453. The van der Waals surface area contributed by atoms with E-state index in [4.69, 9.17) is 9.72 Å².